The lowest BCUT2D eigenvalue weighted by atomic mass is 9.96. The van der Waals surface area contributed by atoms with Crippen LogP contribution in [0.2, 0.25) is 0 Å². The summed E-state index contributed by atoms with van der Waals surface area (Å²) in [6, 6.07) is 5.71. The van der Waals surface area contributed by atoms with E-state index in [2.05, 4.69) is 0 Å². The van der Waals surface area contributed by atoms with Crippen molar-refractivity contribution >= 4 is 5.69 Å². The van der Waals surface area contributed by atoms with E-state index in [-0.39, 0.29) is 11.4 Å². The molecular weight excluding hydrogens is 264 g/mol. The molecule has 0 amide bonds. The first-order valence-corrected chi connectivity index (χ1v) is 5.87. The fraction of sp³-hybridized carbons (Fsp3) is 0.231. The second-order valence-corrected chi connectivity index (χ2v) is 4.59. The number of benzene rings is 1. The van der Waals surface area contributed by atoms with Crippen molar-refractivity contribution in [2.45, 2.75) is 18.9 Å². The number of non-ortho nitro benzene ring substituents is 1. The minimum atomic E-state index is -0.699. The Morgan fingerprint density at radius 2 is 1.80 bits per heavy atom. The van der Waals surface area contributed by atoms with E-state index in [1.807, 2.05) is 0 Å². The Bertz CT molecular complexity index is 606. The number of allylic oxidation sites excluding steroid dienone is 1. The topological polar surface area (TPSA) is 95.5 Å². The molecule has 7 nitrogen and oxygen atoms in total. The molecule has 20 heavy (non-hydrogen) atoms. The molecule has 1 atom stereocenters. The molecule has 1 aromatic rings. The minimum Gasteiger partial charge on any atom is -0.483 e. The number of nitro benzene ring substituents is 1. The molecule has 0 N–H and O–H groups in total. The number of hydrogen-bond acceptors (Lipinski definition) is 5. The zero-order chi connectivity index (χ0) is 14.8. The Balaban J connectivity index is 2.09. The lowest BCUT2D eigenvalue weighted by Gasteiger charge is -2.27. The largest absolute Gasteiger partial charge is 0.483 e. The molecule has 104 valence electrons. The van der Waals surface area contributed by atoms with Gasteiger partial charge in [-0.25, -0.2) is 0 Å². The van der Waals surface area contributed by atoms with E-state index in [0.717, 1.165) is 0 Å². The van der Waals surface area contributed by atoms with Gasteiger partial charge in [-0.1, -0.05) is 0 Å². The molecule has 0 heterocycles. The number of hydrogen-bond donors (Lipinski definition) is 0. The Morgan fingerprint density at radius 3 is 2.25 bits per heavy atom. The molecule has 0 spiro atoms. The van der Waals surface area contributed by atoms with Crippen LogP contribution in [0, 0.1) is 20.2 Å². The highest BCUT2D eigenvalue weighted by molar-refractivity contribution is 5.37. The van der Waals surface area contributed by atoms with E-state index in [0.29, 0.717) is 12.2 Å². The maximum atomic E-state index is 10.6. The summed E-state index contributed by atoms with van der Waals surface area (Å²) < 4.78 is 5.73. The highest BCUT2D eigenvalue weighted by Crippen LogP contribution is 2.28. The molecule has 0 saturated carbocycles. The summed E-state index contributed by atoms with van der Waals surface area (Å²) in [7, 11) is 0. The molecule has 0 aromatic heterocycles. The fourth-order valence-electron chi connectivity index (χ4n) is 1.82. The monoisotopic (exact) mass is 276 g/mol. The number of rotatable bonds is 4. The molecule has 7 heteroatoms. The molecule has 0 aliphatic heterocycles. The van der Waals surface area contributed by atoms with Crippen molar-refractivity contribution < 1.29 is 14.6 Å². The fourth-order valence-corrected chi connectivity index (χ4v) is 1.82. The maximum Gasteiger partial charge on any atom is 0.269 e. The zero-order valence-corrected chi connectivity index (χ0v) is 10.7. The third kappa shape index (κ3) is 3.00. The summed E-state index contributed by atoms with van der Waals surface area (Å²) >= 11 is 0. The van der Waals surface area contributed by atoms with Gasteiger partial charge in [-0.2, -0.15) is 0 Å². The van der Waals surface area contributed by atoms with E-state index in [4.69, 9.17) is 4.74 Å². The van der Waals surface area contributed by atoms with Crippen molar-refractivity contribution in [2.75, 3.05) is 0 Å². The van der Waals surface area contributed by atoms with Crippen LogP contribution in [0.3, 0.4) is 0 Å². The van der Waals surface area contributed by atoms with Crippen LogP contribution in [0.25, 0.3) is 0 Å². The average Bonchev–Trinajstić information content (AvgIpc) is 2.39. The van der Waals surface area contributed by atoms with Crippen LogP contribution in [0.5, 0.6) is 5.75 Å². The predicted octanol–water partition coefficient (Wildman–Crippen LogP) is 2.85. The van der Waals surface area contributed by atoms with Crippen LogP contribution in [-0.4, -0.2) is 15.4 Å². The molecule has 0 saturated heterocycles. The van der Waals surface area contributed by atoms with Crippen molar-refractivity contribution in [3.05, 3.63) is 68.4 Å². The van der Waals surface area contributed by atoms with E-state index >= 15 is 0 Å². The molecular formula is C13H12N2O5. The van der Waals surface area contributed by atoms with Crippen LogP contribution in [0.15, 0.2) is 48.2 Å². The van der Waals surface area contributed by atoms with Crippen molar-refractivity contribution in [1.29, 1.82) is 0 Å². The summed E-state index contributed by atoms with van der Waals surface area (Å²) in [5.74, 6) is 0.473. The third-order valence-corrected chi connectivity index (χ3v) is 2.93. The molecule has 1 aliphatic rings. The molecule has 1 aromatic carbocycles. The number of nitrogens with zero attached hydrogens (tertiary/aromatic N) is 2. The van der Waals surface area contributed by atoms with Gasteiger partial charge in [0.05, 0.1) is 9.85 Å². The maximum absolute atomic E-state index is 10.6. The highest BCUT2D eigenvalue weighted by Gasteiger charge is 2.27. The van der Waals surface area contributed by atoms with Gasteiger partial charge in [0.15, 0.2) is 0 Å². The van der Waals surface area contributed by atoms with Crippen LogP contribution < -0.4 is 4.74 Å². The van der Waals surface area contributed by atoms with Crippen molar-refractivity contribution in [3.63, 3.8) is 0 Å². The van der Waals surface area contributed by atoms with Gasteiger partial charge in [0.2, 0.25) is 0 Å². The van der Waals surface area contributed by atoms with Crippen molar-refractivity contribution in [1.82, 2.24) is 0 Å². The molecule has 0 fully saturated rings. The normalized spacial score (nSPS) is 21.1. The Morgan fingerprint density at radius 1 is 1.15 bits per heavy atom. The van der Waals surface area contributed by atoms with Gasteiger partial charge in [0, 0.05) is 24.6 Å². The lowest BCUT2D eigenvalue weighted by molar-refractivity contribution is -0.419. The minimum absolute atomic E-state index is 0.0165. The number of nitro groups is 2. The van der Waals surface area contributed by atoms with E-state index in [9.17, 15) is 20.2 Å². The Kier molecular flexibility index (Phi) is 3.51. The van der Waals surface area contributed by atoms with E-state index in [1.165, 1.54) is 36.4 Å². The first kappa shape index (κ1) is 13.7. The van der Waals surface area contributed by atoms with Gasteiger partial charge in [-0.3, -0.25) is 20.2 Å². The summed E-state index contributed by atoms with van der Waals surface area (Å²) in [6.07, 6.45) is 4.86. The summed E-state index contributed by atoms with van der Waals surface area (Å²) in [6.45, 7) is 1.79. The standard InChI is InChI=1S/C13H12N2O5/c1-13(8-6-11(7-9-13)15(18)19)20-12-4-2-10(3-5-12)14(16)17/h2-8H,9H2,1H3. The van der Waals surface area contributed by atoms with Gasteiger partial charge in [0.1, 0.15) is 11.4 Å². The van der Waals surface area contributed by atoms with E-state index in [1.54, 1.807) is 13.0 Å². The lowest BCUT2D eigenvalue weighted by Crippen LogP contribution is -2.31. The summed E-state index contributed by atoms with van der Waals surface area (Å²) in [5.41, 5.74) is -0.678. The van der Waals surface area contributed by atoms with Crippen LogP contribution in [-0.2, 0) is 0 Å². The summed E-state index contributed by atoms with van der Waals surface area (Å²) in [5, 5.41) is 21.2. The van der Waals surface area contributed by atoms with E-state index < -0.39 is 15.4 Å². The van der Waals surface area contributed by atoms with Crippen molar-refractivity contribution in [2.24, 2.45) is 0 Å². The predicted molar refractivity (Wildman–Crippen MR) is 71.0 cm³/mol. The smallest absolute Gasteiger partial charge is 0.269 e. The van der Waals surface area contributed by atoms with Crippen LogP contribution >= 0.6 is 0 Å². The molecule has 1 unspecified atom stereocenters. The Labute approximate surface area is 114 Å². The van der Waals surface area contributed by atoms with Crippen molar-refractivity contribution in [3.8, 4) is 5.75 Å². The zero-order valence-electron chi connectivity index (χ0n) is 10.7. The quantitative estimate of drug-likeness (QED) is 0.622. The highest BCUT2D eigenvalue weighted by atomic mass is 16.6. The molecule has 0 radical (unpaired) electrons. The molecule has 0 bridgehead atoms. The summed E-state index contributed by atoms with van der Waals surface area (Å²) in [4.78, 5) is 20.2. The van der Waals surface area contributed by atoms with Gasteiger partial charge >= 0.3 is 0 Å². The first-order chi connectivity index (χ1) is 9.39. The Hall–Kier alpha value is -2.70. The van der Waals surface area contributed by atoms with Crippen LogP contribution in [0.4, 0.5) is 5.69 Å². The SMILES string of the molecule is CC1(Oc2ccc([N+](=O)[O-])cc2)C=CC([N+](=O)[O-])=CC1. The van der Waals surface area contributed by atoms with Gasteiger partial charge < -0.3 is 4.74 Å². The molecule has 2 rings (SSSR count). The van der Waals surface area contributed by atoms with Gasteiger partial charge in [0.25, 0.3) is 11.4 Å². The second-order valence-electron chi connectivity index (χ2n) is 4.59. The first-order valence-electron chi connectivity index (χ1n) is 5.87. The van der Waals surface area contributed by atoms with Gasteiger partial charge in [-0.05, 0) is 31.2 Å². The average molecular weight is 276 g/mol. The number of ether oxygens (including phenoxy) is 1. The molecule has 1 aliphatic carbocycles. The third-order valence-electron chi connectivity index (χ3n) is 2.93. The van der Waals surface area contributed by atoms with Crippen LogP contribution in [0.1, 0.15) is 13.3 Å². The van der Waals surface area contributed by atoms with Gasteiger partial charge in [-0.15, -0.1) is 0 Å². The second kappa shape index (κ2) is 5.12.